The molecule has 0 radical (unpaired) electrons. The number of benzene rings is 2. The molecule has 0 atom stereocenters. The lowest BCUT2D eigenvalue weighted by Crippen LogP contribution is -2.38. The Morgan fingerprint density at radius 3 is 2.40 bits per heavy atom. The van der Waals surface area contributed by atoms with E-state index in [4.69, 9.17) is 9.47 Å². The van der Waals surface area contributed by atoms with Crippen LogP contribution < -0.4 is 15.4 Å². The maximum Gasteiger partial charge on any atom is 0.325 e. The second-order valence-electron chi connectivity index (χ2n) is 5.02. The molecule has 7 heteroatoms. The highest BCUT2D eigenvalue weighted by molar-refractivity contribution is 5.80. The molecule has 0 bridgehead atoms. The number of hydrogen-bond donors (Lipinski definition) is 2. The Bertz CT molecular complexity index is 694. The lowest BCUT2D eigenvalue weighted by atomic mass is 10.2. The Kier molecular flexibility index (Phi) is 7.24. The second-order valence-corrected chi connectivity index (χ2v) is 5.02. The molecule has 2 aromatic carbocycles. The van der Waals surface area contributed by atoms with Gasteiger partial charge in [-0.05, 0) is 17.7 Å². The summed E-state index contributed by atoms with van der Waals surface area (Å²) in [5, 5.41) is 5.02. The summed E-state index contributed by atoms with van der Waals surface area (Å²) in [6, 6.07) is 14.9. The molecule has 0 aliphatic heterocycles. The average Bonchev–Trinajstić information content (AvgIpc) is 2.64. The van der Waals surface area contributed by atoms with Crippen LogP contribution in [0.3, 0.4) is 0 Å². The molecule has 6 nitrogen and oxygen atoms in total. The van der Waals surface area contributed by atoms with E-state index in [9.17, 15) is 14.0 Å². The van der Waals surface area contributed by atoms with E-state index in [0.29, 0.717) is 6.54 Å². The fourth-order valence-electron chi connectivity index (χ4n) is 1.91. The molecule has 0 heterocycles. The van der Waals surface area contributed by atoms with Gasteiger partial charge in [0, 0.05) is 6.54 Å². The predicted molar refractivity (Wildman–Crippen MR) is 89.5 cm³/mol. The highest BCUT2D eigenvalue weighted by Gasteiger charge is 2.07. The van der Waals surface area contributed by atoms with Gasteiger partial charge in [0.05, 0.1) is 0 Å². The van der Waals surface area contributed by atoms with Gasteiger partial charge in [-0.2, -0.15) is 0 Å². The molecule has 2 N–H and O–H groups in total. The highest BCUT2D eigenvalue weighted by Crippen LogP contribution is 2.14. The van der Waals surface area contributed by atoms with Crippen molar-refractivity contribution in [2.24, 2.45) is 0 Å². The normalized spacial score (nSPS) is 9.96. The maximum absolute atomic E-state index is 13.3. The summed E-state index contributed by atoms with van der Waals surface area (Å²) in [5.74, 6) is -0.991. The lowest BCUT2D eigenvalue weighted by Gasteiger charge is -2.09. The van der Waals surface area contributed by atoms with Gasteiger partial charge < -0.3 is 20.1 Å². The summed E-state index contributed by atoms with van der Waals surface area (Å²) >= 11 is 0. The van der Waals surface area contributed by atoms with Crippen molar-refractivity contribution >= 4 is 12.0 Å². The maximum atomic E-state index is 13.3. The number of ether oxygens (including phenoxy) is 2. The van der Waals surface area contributed by atoms with Crippen molar-refractivity contribution in [3.63, 3.8) is 0 Å². The van der Waals surface area contributed by atoms with Crippen LogP contribution in [0.1, 0.15) is 5.56 Å². The number of nitrogens with one attached hydrogen (secondary N) is 2. The summed E-state index contributed by atoms with van der Waals surface area (Å²) in [7, 11) is 0. The first-order valence-electron chi connectivity index (χ1n) is 7.74. The van der Waals surface area contributed by atoms with E-state index in [-0.39, 0.29) is 25.5 Å². The van der Waals surface area contributed by atoms with E-state index in [1.807, 2.05) is 30.3 Å². The number of esters is 1. The SMILES string of the molecule is O=C(NCC(=O)OCCOc1ccccc1F)NCc1ccccc1. The zero-order valence-corrected chi connectivity index (χ0v) is 13.5. The van der Waals surface area contributed by atoms with Crippen LogP contribution in [-0.4, -0.2) is 31.8 Å². The standard InChI is InChI=1S/C18H19FN2O4/c19-15-8-4-5-9-16(15)24-10-11-25-17(22)13-21-18(23)20-12-14-6-2-1-3-7-14/h1-9H,10-13H2,(H2,20,21,23). The van der Waals surface area contributed by atoms with Gasteiger partial charge >= 0.3 is 12.0 Å². The molecular weight excluding hydrogens is 327 g/mol. The quantitative estimate of drug-likeness (QED) is 0.568. The van der Waals surface area contributed by atoms with Crippen molar-refractivity contribution in [3.05, 3.63) is 66.0 Å². The first-order valence-corrected chi connectivity index (χ1v) is 7.74. The number of halogens is 1. The third-order valence-electron chi connectivity index (χ3n) is 3.13. The summed E-state index contributed by atoms with van der Waals surface area (Å²) in [6.45, 7) is 0.0753. The number of carbonyl (C=O) groups is 2. The van der Waals surface area contributed by atoms with Crippen LogP contribution in [0.2, 0.25) is 0 Å². The minimum Gasteiger partial charge on any atom is -0.487 e. The van der Waals surface area contributed by atoms with Crippen molar-refractivity contribution < 1.29 is 23.5 Å². The van der Waals surface area contributed by atoms with Gasteiger partial charge in [-0.1, -0.05) is 42.5 Å². The molecule has 0 fully saturated rings. The monoisotopic (exact) mass is 346 g/mol. The smallest absolute Gasteiger partial charge is 0.325 e. The van der Waals surface area contributed by atoms with E-state index in [2.05, 4.69) is 10.6 Å². The number of rotatable bonds is 8. The van der Waals surface area contributed by atoms with E-state index >= 15 is 0 Å². The molecule has 0 saturated carbocycles. The predicted octanol–water partition coefficient (Wildman–Crippen LogP) is 2.25. The second kappa shape index (κ2) is 9.92. The molecule has 0 aliphatic rings. The molecule has 2 aromatic rings. The first-order chi connectivity index (χ1) is 12.1. The molecule has 0 aliphatic carbocycles. The molecule has 0 spiro atoms. The lowest BCUT2D eigenvalue weighted by molar-refractivity contribution is -0.143. The number of hydrogen-bond acceptors (Lipinski definition) is 4. The van der Waals surface area contributed by atoms with Crippen LogP contribution in [0.15, 0.2) is 54.6 Å². The van der Waals surface area contributed by atoms with E-state index < -0.39 is 17.8 Å². The van der Waals surface area contributed by atoms with Crippen molar-refractivity contribution in [3.8, 4) is 5.75 Å². The van der Waals surface area contributed by atoms with Crippen LogP contribution >= 0.6 is 0 Å². The molecule has 0 aromatic heterocycles. The summed E-state index contributed by atoms with van der Waals surface area (Å²) < 4.78 is 23.3. The molecule has 132 valence electrons. The Morgan fingerprint density at radius 1 is 0.920 bits per heavy atom. The Balaban J connectivity index is 1.56. The van der Waals surface area contributed by atoms with E-state index in [0.717, 1.165) is 5.56 Å². The Hall–Kier alpha value is -3.09. The number of carbonyl (C=O) groups excluding carboxylic acids is 2. The van der Waals surface area contributed by atoms with Crippen LogP contribution in [-0.2, 0) is 16.1 Å². The molecular formula is C18H19FN2O4. The van der Waals surface area contributed by atoms with Gasteiger partial charge in [0.2, 0.25) is 0 Å². The summed E-state index contributed by atoms with van der Waals surface area (Å²) in [6.07, 6.45) is 0. The van der Waals surface area contributed by atoms with E-state index in [1.165, 1.54) is 12.1 Å². The largest absolute Gasteiger partial charge is 0.487 e. The van der Waals surface area contributed by atoms with Crippen molar-refractivity contribution in [1.29, 1.82) is 0 Å². The van der Waals surface area contributed by atoms with Crippen molar-refractivity contribution in [2.75, 3.05) is 19.8 Å². The fourth-order valence-corrected chi connectivity index (χ4v) is 1.91. The highest BCUT2D eigenvalue weighted by atomic mass is 19.1. The van der Waals surface area contributed by atoms with Crippen LogP contribution in [0.25, 0.3) is 0 Å². The number of urea groups is 1. The zero-order valence-electron chi connectivity index (χ0n) is 13.5. The van der Waals surface area contributed by atoms with Gasteiger partial charge in [-0.25, -0.2) is 9.18 Å². The average molecular weight is 346 g/mol. The minimum atomic E-state index is -0.605. The number of amides is 2. The topological polar surface area (TPSA) is 76.7 Å². The minimum absolute atomic E-state index is 0.0207. The summed E-state index contributed by atoms with van der Waals surface area (Å²) in [5.41, 5.74) is 0.950. The Morgan fingerprint density at radius 2 is 1.64 bits per heavy atom. The van der Waals surface area contributed by atoms with Crippen molar-refractivity contribution in [2.45, 2.75) is 6.54 Å². The van der Waals surface area contributed by atoms with E-state index in [1.54, 1.807) is 12.1 Å². The number of para-hydroxylation sites is 1. The summed E-state index contributed by atoms with van der Waals surface area (Å²) in [4.78, 5) is 23.1. The zero-order chi connectivity index (χ0) is 17.9. The third kappa shape index (κ3) is 6.90. The van der Waals surface area contributed by atoms with Gasteiger partial charge in [-0.15, -0.1) is 0 Å². The van der Waals surface area contributed by atoms with Gasteiger partial charge in [0.25, 0.3) is 0 Å². The van der Waals surface area contributed by atoms with Crippen LogP contribution in [0, 0.1) is 5.82 Å². The molecule has 25 heavy (non-hydrogen) atoms. The van der Waals surface area contributed by atoms with Crippen molar-refractivity contribution in [1.82, 2.24) is 10.6 Å². The van der Waals surface area contributed by atoms with Gasteiger partial charge in [0.1, 0.15) is 19.8 Å². The molecule has 2 rings (SSSR count). The third-order valence-corrected chi connectivity index (χ3v) is 3.13. The Labute approximate surface area is 144 Å². The van der Waals surface area contributed by atoms with Crippen LogP contribution in [0.5, 0.6) is 5.75 Å². The molecule has 0 saturated heterocycles. The van der Waals surface area contributed by atoms with Gasteiger partial charge in [0.15, 0.2) is 11.6 Å². The molecule has 2 amide bonds. The van der Waals surface area contributed by atoms with Crippen LogP contribution in [0.4, 0.5) is 9.18 Å². The fraction of sp³-hybridized carbons (Fsp3) is 0.222. The molecule has 0 unspecified atom stereocenters. The van der Waals surface area contributed by atoms with Gasteiger partial charge in [-0.3, -0.25) is 4.79 Å². The first kappa shape index (κ1) is 18.3.